The fraction of sp³-hybridized carbons (Fsp3) is 0.318. The number of fused-ring (bicyclic) bond motifs is 1. The van der Waals surface area contributed by atoms with Crippen LogP contribution in [0.15, 0.2) is 60.7 Å². The summed E-state index contributed by atoms with van der Waals surface area (Å²) in [4.78, 5) is 7.62. The summed E-state index contributed by atoms with van der Waals surface area (Å²) in [6.45, 7) is 3.13. The van der Waals surface area contributed by atoms with Crippen LogP contribution in [0.2, 0.25) is 0 Å². The van der Waals surface area contributed by atoms with Crippen molar-refractivity contribution in [3.63, 3.8) is 0 Å². The molecule has 0 bridgehead atoms. The van der Waals surface area contributed by atoms with Crippen molar-refractivity contribution in [2.75, 3.05) is 6.54 Å². The number of hydrogen-bond donors (Lipinski definition) is 0. The molecule has 0 saturated heterocycles. The fourth-order valence-electron chi connectivity index (χ4n) is 3.93. The first-order chi connectivity index (χ1) is 12.4. The standard InChI is InChI=1S/C22H23N3/c1-3-7-17(8-4-1)15-24-14-13-20-21(16-24)25(19-11-12-19)22(23-20)18-9-5-2-6-10-18/h1-10,19H,11-16H2. The molecule has 2 aliphatic rings. The van der Waals surface area contributed by atoms with Gasteiger partial charge in [-0.1, -0.05) is 60.7 Å². The molecule has 1 aromatic heterocycles. The van der Waals surface area contributed by atoms with E-state index in [1.165, 1.54) is 41.2 Å². The summed E-state index contributed by atoms with van der Waals surface area (Å²) in [6, 6.07) is 22.1. The van der Waals surface area contributed by atoms with E-state index >= 15 is 0 Å². The molecule has 2 heterocycles. The fourth-order valence-corrected chi connectivity index (χ4v) is 3.93. The Labute approximate surface area is 148 Å². The molecule has 0 atom stereocenters. The van der Waals surface area contributed by atoms with Gasteiger partial charge in [-0.05, 0) is 18.4 Å². The Morgan fingerprint density at radius 2 is 1.64 bits per heavy atom. The van der Waals surface area contributed by atoms with E-state index in [4.69, 9.17) is 4.98 Å². The van der Waals surface area contributed by atoms with Gasteiger partial charge >= 0.3 is 0 Å². The van der Waals surface area contributed by atoms with Gasteiger partial charge in [-0.3, -0.25) is 4.90 Å². The maximum atomic E-state index is 5.06. The second-order valence-electron chi connectivity index (χ2n) is 7.24. The first-order valence-corrected chi connectivity index (χ1v) is 9.30. The van der Waals surface area contributed by atoms with Gasteiger partial charge in [0.2, 0.25) is 0 Å². The van der Waals surface area contributed by atoms with E-state index in [1.54, 1.807) is 0 Å². The van der Waals surface area contributed by atoms with Crippen LogP contribution in [0.4, 0.5) is 0 Å². The smallest absolute Gasteiger partial charge is 0.140 e. The minimum Gasteiger partial charge on any atom is -0.323 e. The van der Waals surface area contributed by atoms with Crippen LogP contribution in [-0.2, 0) is 19.5 Å². The lowest BCUT2D eigenvalue weighted by Crippen LogP contribution is -2.31. The third kappa shape index (κ3) is 2.89. The maximum Gasteiger partial charge on any atom is 0.140 e. The molecule has 126 valence electrons. The number of benzene rings is 2. The summed E-state index contributed by atoms with van der Waals surface area (Å²) >= 11 is 0. The summed E-state index contributed by atoms with van der Waals surface area (Å²) in [5, 5.41) is 0. The molecule has 0 N–H and O–H groups in total. The van der Waals surface area contributed by atoms with Crippen LogP contribution in [0.5, 0.6) is 0 Å². The van der Waals surface area contributed by atoms with Crippen molar-refractivity contribution in [2.24, 2.45) is 0 Å². The third-order valence-electron chi connectivity index (χ3n) is 5.32. The monoisotopic (exact) mass is 329 g/mol. The van der Waals surface area contributed by atoms with Crippen LogP contribution < -0.4 is 0 Å². The molecule has 0 unspecified atom stereocenters. The van der Waals surface area contributed by atoms with E-state index in [0.717, 1.165) is 26.1 Å². The molecular formula is C22H23N3. The van der Waals surface area contributed by atoms with Gasteiger partial charge in [0.05, 0.1) is 11.4 Å². The minimum atomic E-state index is 0.656. The van der Waals surface area contributed by atoms with Gasteiger partial charge in [0.1, 0.15) is 5.82 Å². The number of hydrogen-bond acceptors (Lipinski definition) is 2. The topological polar surface area (TPSA) is 21.1 Å². The lowest BCUT2D eigenvalue weighted by molar-refractivity contribution is 0.237. The zero-order valence-corrected chi connectivity index (χ0v) is 14.4. The van der Waals surface area contributed by atoms with Crippen molar-refractivity contribution in [3.8, 4) is 11.4 Å². The van der Waals surface area contributed by atoms with Crippen LogP contribution in [0.1, 0.15) is 35.8 Å². The van der Waals surface area contributed by atoms with Crippen molar-refractivity contribution in [1.29, 1.82) is 0 Å². The SMILES string of the molecule is c1ccc(CN2CCc3nc(-c4ccccc4)n(C4CC4)c3C2)cc1. The molecule has 0 spiro atoms. The molecule has 5 rings (SSSR count). The van der Waals surface area contributed by atoms with E-state index in [2.05, 4.69) is 70.1 Å². The van der Waals surface area contributed by atoms with Gasteiger partial charge in [-0.25, -0.2) is 4.98 Å². The minimum absolute atomic E-state index is 0.656. The van der Waals surface area contributed by atoms with Crippen molar-refractivity contribution in [1.82, 2.24) is 14.5 Å². The van der Waals surface area contributed by atoms with Crippen LogP contribution in [0, 0.1) is 0 Å². The maximum absolute atomic E-state index is 5.06. The predicted octanol–water partition coefficient (Wildman–Crippen LogP) is 4.44. The van der Waals surface area contributed by atoms with Gasteiger partial charge in [-0.15, -0.1) is 0 Å². The van der Waals surface area contributed by atoms with Crippen LogP contribution in [-0.4, -0.2) is 21.0 Å². The quantitative estimate of drug-likeness (QED) is 0.705. The molecule has 1 aliphatic carbocycles. The lowest BCUT2D eigenvalue weighted by Gasteiger charge is -2.27. The Bertz CT molecular complexity index is 863. The van der Waals surface area contributed by atoms with Crippen molar-refractivity contribution < 1.29 is 0 Å². The first kappa shape index (κ1) is 14.9. The van der Waals surface area contributed by atoms with Gasteiger partial charge < -0.3 is 4.57 Å². The molecule has 3 aromatic rings. The normalized spacial score (nSPS) is 17.4. The van der Waals surface area contributed by atoms with Gasteiger partial charge in [0, 0.05) is 37.7 Å². The van der Waals surface area contributed by atoms with Gasteiger partial charge in [-0.2, -0.15) is 0 Å². The summed E-state index contributed by atoms with van der Waals surface area (Å²) in [7, 11) is 0. The van der Waals surface area contributed by atoms with Crippen LogP contribution >= 0.6 is 0 Å². The molecule has 3 nitrogen and oxygen atoms in total. The van der Waals surface area contributed by atoms with Gasteiger partial charge in [0.15, 0.2) is 0 Å². The van der Waals surface area contributed by atoms with E-state index in [-0.39, 0.29) is 0 Å². The predicted molar refractivity (Wildman–Crippen MR) is 100 cm³/mol. The second kappa shape index (κ2) is 6.16. The number of imidazole rings is 1. The largest absolute Gasteiger partial charge is 0.323 e. The van der Waals surface area contributed by atoms with Crippen molar-refractivity contribution in [2.45, 2.75) is 38.4 Å². The Morgan fingerprint density at radius 1 is 0.920 bits per heavy atom. The Kier molecular flexibility index (Phi) is 3.67. The van der Waals surface area contributed by atoms with E-state index in [0.29, 0.717) is 6.04 Å². The Balaban J connectivity index is 1.48. The summed E-state index contributed by atoms with van der Waals surface area (Å²) < 4.78 is 2.54. The average molecular weight is 329 g/mol. The van der Waals surface area contributed by atoms with E-state index in [9.17, 15) is 0 Å². The average Bonchev–Trinajstić information content (AvgIpc) is 3.43. The molecule has 3 heteroatoms. The Morgan fingerprint density at radius 3 is 2.36 bits per heavy atom. The molecular weight excluding hydrogens is 306 g/mol. The van der Waals surface area contributed by atoms with Crippen LogP contribution in [0.25, 0.3) is 11.4 Å². The highest BCUT2D eigenvalue weighted by molar-refractivity contribution is 5.57. The summed E-state index contributed by atoms with van der Waals surface area (Å²) in [5.41, 5.74) is 5.41. The summed E-state index contributed by atoms with van der Waals surface area (Å²) in [5.74, 6) is 1.18. The molecule has 0 amide bonds. The molecule has 1 saturated carbocycles. The van der Waals surface area contributed by atoms with Crippen molar-refractivity contribution in [3.05, 3.63) is 77.6 Å². The van der Waals surface area contributed by atoms with Gasteiger partial charge in [0.25, 0.3) is 0 Å². The highest BCUT2D eigenvalue weighted by Crippen LogP contribution is 2.41. The highest BCUT2D eigenvalue weighted by Gasteiger charge is 2.33. The Hall–Kier alpha value is -2.39. The third-order valence-corrected chi connectivity index (χ3v) is 5.32. The first-order valence-electron chi connectivity index (χ1n) is 9.30. The molecule has 1 fully saturated rings. The van der Waals surface area contributed by atoms with Crippen LogP contribution in [0.3, 0.4) is 0 Å². The zero-order valence-electron chi connectivity index (χ0n) is 14.4. The molecule has 0 radical (unpaired) electrons. The molecule has 2 aromatic carbocycles. The molecule has 1 aliphatic heterocycles. The number of nitrogens with zero attached hydrogens (tertiary/aromatic N) is 3. The summed E-state index contributed by atoms with van der Waals surface area (Å²) in [6.07, 6.45) is 3.64. The van der Waals surface area contributed by atoms with E-state index in [1.807, 2.05) is 0 Å². The highest BCUT2D eigenvalue weighted by atomic mass is 15.2. The zero-order chi connectivity index (χ0) is 16.6. The van der Waals surface area contributed by atoms with E-state index < -0.39 is 0 Å². The number of rotatable bonds is 4. The second-order valence-corrected chi connectivity index (χ2v) is 7.24. The number of aromatic nitrogens is 2. The van der Waals surface area contributed by atoms with Crippen molar-refractivity contribution >= 4 is 0 Å². The molecule has 25 heavy (non-hydrogen) atoms. The lowest BCUT2D eigenvalue weighted by atomic mass is 10.1.